The number of likely N-dealkylation sites (tertiary alicyclic amines) is 2. The Kier molecular flexibility index (Phi) is 6.53. The van der Waals surface area contributed by atoms with Gasteiger partial charge in [-0.2, -0.15) is 0 Å². The molecule has 4 rings (SSSR count). The zero-order valence-corrected chi connectivity index (χ0v) is 17.3. The second kappa shape index (κ2) is 9.27. The molecule has 0 spiro atoms. The molecule has 0 aliphatic carbocycles. The Hall–Kier alpha value is -1.59. The maximum Gasteiger partial charge on any atom is 0.227 e. The minimum atomic E-state index is 0.262. The highest BCUT2D eigenvalue weighted by Gasteiger charge is 2.33. The second-order valence-corrected chi connectivity index (χ2v) is 8.69. The SMILES string of the molecule is C[C@@H]1CCCN1CCCOc1ccc(N2C(=O)CC[C@H]2CN2CCCC2)cc1. The summed E-state index contributed by atoms with van der Waals surface area (Å²) < 4.78 is 5.94. The number of carbonyl (C=O) groups excluding carboxylic acids is 1. The maximum absolute atomic E-state index is 12.5. The van der Waals surface area contributed by atoms with Gasteiger partial charge in [0.1, 0.15) is 5.75 Å². The lowest BCUT2D eigenvalue weighted by Crippen LogP contribution is -2.41. The lowest BCUT2D eigenvalue weighted by Gasteiger charge is -2.28. The van der Waals surface area contributed by atoms with E-state index in [0.717, 1.165) is 50.0 Å². The average Bonchev–Trinajstić information content (AvgIpc) is 3.43. The number of benzene rings is 1. The fourth-order valence-corrected chi connectivity index (χ4v) is 5.02. The Bertz CT molecular complexity index is 642. The first-order valence-corrected chi connectivity index (χ1v) is 11.2. The molecule has 154 valence electrons. The molecule has 3 saturated heterocycles. The zero-order valence-electron chi connectivity index (χ0n) is 17.3. The molecule has 0 unspecified atom stereocenters. The lowest BCUT2D eigenvalue weighted by atomic mass is 10.2. The summed E-state index contributed by atoms with van der Waals surface area (Å²) in [7, 11) is 0. The van der Waals surface area contributed by atoms with Gasteiger partial charge in [0.05, 0.1) is 12.6 Å². The van der Waals surface area contributed by atoms with Crippen LogP contribution in [0.25, 0.3) is 0 Å². The third kappa shape index (κ3) is 4.69. The van der Waals surface area contributed by atoms with Crippen molar-refractivity contribution in [3.63, 3.8) is 0 Å². The minimum Gasteiger partial charge on any atom is -0.494 e. The van der Waals surface area contributed by atoms with Gasteiger partial charge in [0, 0.05) is 31.2 Å². The fourth-order valence-electron chi connectivity index (χ4n) is 5.02. The first kappa shape index (κ1) is 19.7. The zero-order chi connectivity index (χ0) is 19.3. The molecule has 28 heavy (non-hydrogen) atoms. The number of hydrogen-bond acceptors (Lipinski definition) is 4. The van der Waals surface area contributed by atoms with Crippen LogP contribution in [0.1, 0.15) is 51.9 Å². The summed E-state index contributed by atoms with van der Waals surface area (Å²) in [6, 6.07) is 9.19. The third-order valence-corrected chi connectivity index (χ3v) is 6.66. The Morgan fingerprint density at radius 1 is 1.04 bits per heavy atom. The number of carbonyl (C=O) groups is 1. The van der Waals surface area contributed by atoms with E-state index in [9.17, 15) is 4.79 Å². The van der Waals surface area contributed by atoms with E-state index < -0.39 is 0 Å². The summed E-state index contributed by atoms with van der Waals surface area (Å²) in [5, 5.41) is 0. The Morgan fingerprint density at radius 3 is 2.54 bits per heavy atom. The van der Waals surface area contributed by atoms with Gasteiger partial charge in [0.25, 0.3) is 0 Å². The smallest absolute Gasteiger partial charge is 0.227 e. The summed E-state index contributed by atoms with van der Waals surface area (Å²) in [6.45, 7) is 8.81. The summed E-state index contributed by atoms with van der Waals surface area (Å²) in [6.07, 6.45) is 7.96. The Labute approximate surface area is 169 Å². The van der Waals surface area contributed by atoms with E-state index in [-0.39, 0.29) is 5.91 Å². The van der Waals surface area contributed by atoms with E-state index in [1.807, 2.05) is 17.0 Å². The number of ether oxygens (including phenoxy) is 1. The van der Waals surface area contributed by atoms with E-state index in [1.165, 1.54) is 45.3 Å². The van der Waals surface area contributed by atoms with Crippen LogP contribution in [-0.2, 0) is 4.79 Å². The van der Waals surface area contributed by atoms with Crippen LogP contribution in [0.4, 0.5) is 5.69 Å². The largest absolute Gasteiger partial charge is 0.494 e. The van der Waals surface area contributed by atoms with Crippen molar-refractivity contribution in [1.29, 1.82) is 0 Å². The third-order valence-electron chi connectivity index (χ3n) is 6.66. The number of nitrogens with zero attached hydrogens (tertiary/aromatic N) is 3. The van der Waals surface area contributed by atoms with E-state index in [2.05, 4.69) is 28.9 Å². The normalized spacial score (nSPS) is 26.5. The van der Waals surface area contributed by atoms with Crippen molar-refractivity contribution >= 4 is 11.6 Å². The Morgan fingerprint density at radius 2 is 1.82 bits per heavy atom. The highest BCUT2D eigenvalue weighted by molar-refractivity contribution is 5.96. The predicted octanol–water partition coefficient (Wildman–Crippen LogP) is 3.53. The van der Waals surface area contributed by atoms with Gasteiger partial charge in [0.15, 0.2) is 0 Å². The van der Waals surface area contributed by atoms with Gasteiger partial charge in [-0.05, 0) is 89.3 Å². The molecule has 0 radical (unpaired) electrons. The molecule has 0 saturated carbocycles. The van der Waals surface area contributed by atoms with Crippen molar-refractivity contribution in [2.24, 2.45) is 0 Å². The topological polar surface area (TPSA) is 36.0 Å². The van der Waals surface area contributed by atoms with Crippen LogP contribution < -0.4 is 9.64 Å². The number of amides is 1. The van der Waals surface area contributed by atoms with Crippen molar-refractivity contribution in [2.75, 3.05) is 44.2 Å². The highest BCUT2D eigenvalue weighted by atomic mass is 16.5. The van der Waals surface area contributed by atoms with Crippen LogP contribution in [0.15, 0.2) is 24.3 Å². The molecular weight excluding hydrogens is 350 g/mol. The molecule has 1 amide bonds. The molecule has 0 bridgehead atoms. The standard InChI is InChI=1S/C23H35N3O2/c1-19-6-4-15-25(19)16-5-17-28-22-10-7-20(8-11-22)26-21(9-12-23(26)27)18-24-13-2-3-14-24/h7-8,10-11,19,21H,2-6,9,12-18H2,1H3/t19-,21+/m1/s1. The Balaban J connectivity index is 1.27. The molecule has 5 nitrogen and oxygen atoms in total. The molecule has 3 fully saturated rings. The van der Waals surface area contributed by atoms with Crippen LogP contribution in [0.5, 0.6) is 5.75 Å². The van der Waals surface area contributed by atoms with Crippen molar-refractivity contribution in [2.45, 2.75) is 64.0 Å². The minimum absolute atomic E-state index is 0.262. The number of hydrogen-bond donors (Lipinski definition) is 0. The van der Waals surface area contributed by atoms with Crippen LogP contribution in [0.3, 0.4) is 0 Å². The number of anilines is 1. The first-order valence-electron chi connectivity index (χ1n) is 11.2. The quantitative estimate of drug-likeness (QED) is 0.642. The molecule has 1 aromatic carbocycles. The lowest BCUT2D eigenvalue weighted by molar-refractivity contribution is -0.117. The van der Waals surface area contributed by atoms with Crippen LogP contribution in [0.2, 0.25) is 0 Å². The maximum atomic E-state index is 12.5. The van der Waals surface area contributed by atoms with Crippen LogP contribution in [-0.4, -0.2) is 67.1 Å². The molecule has 5 heteroatoms. The second-order valence-electron chi connectivity index (χ2n) is 8.69. The first-order chi connectivity index (χ1) is 13.7. The van der Waals surface area contributed by atoms with Gasteiger partial charge in [-0.25, -0.2) is 0 Å². The predicted molar refractivity (Wildman–Crippen MR) is 113 cm³/mol. The molecular formula is C23H35N3O2. The highest BCUT2D eigenvalue weighted by Crippen LogP contribution is 2.29. The van der Waals surface area contributed by atoms with E-state index in [1.54, 1.807) is 0 Å². The molecule has 0 aromatic heterocycles. The van der Waals surface area contributed by atoms with Crippen molar-refractivity contribution < 1.29 is 9.53 Å². The van der Waals surface area contributed by atoms with Gasteiger partial charge in [-0.3, -0.25) is 4.79 Å². The van der Waals surface area contributed by atoms with E-state index >= 15 is 0 Å². The monoisotopic (exact) mass is 385 g/mol. The van der Waals surface area contributed by atoms with Gasteiger partial charge >= 0.3 is 0 Å². The van der Waals surface area contributed by atoms with Crippen LogP contribution >= 0.6 is 0 Å². The van der Waals surface area contributed by atoms with Gasteiger partial charge in [0.2, 0.25) is 5.91 Å². The molecule has 3 aliphatic heterocycles. The molecule has 2 atom stereocenters. The van der Waals surface area contributed by atoms with E-state index in [0.29, 0.717) is 12.5 Å². The van der Waals surface area contributed by atoms with Crippen molar-refractivity contribution in [3.05, 3.63) is 24.3 Å². The van der Waals surface area contributed by atoms with Crippen molar-refractivity contribution in [3.8, 4) is 5.75 Å². The van der Waals surface area contributed by atoms with E-state index in [4.69, 9.17) is 4.74 Å². The van der Waals surface area contributed by atoms with Gasteiger partial charge in [-0.1, -0.05) is 0 Å². The summed E-state index contributed by atoms with van der Waals surface area (Å²) in [4.78, 5) is 19.6. The molecule has 3 aliphatic rings. The average molecular weight is 386 g/mol. The molecule has 3 heterocycles. The van der Waals surface area contributed by atoms with Gasteiger partial charge in [-0.15, -0.1) is 0 Å². The summed E-state index contributed by atoms with van der Waals surface area (Å²) >= 11 is 0. The molecule has 1 aromatic rings. The summed E-state index contributed by atoms with van der Waals surface area (Å²) in [5.74, 6) is 1.17. The van der Waals surface area contributed by atoms with Crippen LogP contribution in [0, 0.1) is 0 Å². The fraction of sp³-hybridized carbons (Fsp3) is 0.696. The molecule has 0 N–H and O–H groups in total. The summed E-state index contributed by atoms with van der Waals surface area (Å²) in [5.41, 5.74) is 1.02. The van der Waals surface area contributed by atoms with Gasteiger partial charge < -0.3 is 19.4 Å². The van der Waals surface area contributed by atoms with Crippen molar-refractivity contribution in [1.82, 2.24) is 9.80 Å². The number of rotatable bonds is 8.